The smallest absolute Gasteiger partial charge is 0.293 e. The van der Waals surface area contributed by atoms with Gasteiger partial charge >= 0.3 is 0 Å². The second kappa shape index (κ2) is 2.85. The summed E-state index contributed by atoms with van der Waals surface area (Å²) in [5, 5.41) is 4.08. The molecule has 0 atom stereocenters. The zero-order valence-corrected chi connectivity index (χ0v) is 7.06. The Morgan fingerprint density at radius 1 is 1.54 bits per heavy atom. The van der Waals surface area contributed by atoms with Crippen LogP contribution in [-0.4, -0.2) is 19.7 Å². The number of H-pyrrole nitrogens is 1. The van der Waals surface area contributed by atoms with E-state index in [-0.39, 0.29) is 11.4 Å². The van der Waals surface area contributed by atoms with Crippen LogP contribution in [0.3, 0.4) is 0 Å². The molecule has 0 aliphatic heterocycles. The van der Waals surface area contributed by atoms with E-state index in [0.717, 1.165) is 5.69 Å². The number of nitrogens with one attached hydrogen (secondary N) is 1. The van der Waals surface area contributed by atoms with Crippen LogP contribution in [0.5, 0.6) is 0 Å². The minimum absolute atomic E-state index is 0.245. The standard InChI is InChI=1S/C8H8N4O/c1-6-2-5-12(11-6)7-8(13)10-4-3-9-7/h2-5H,1H3,(H,10,13). The lowest BCUT2D eigenvalue weighted by Gasteiger charge is -1.96. The van der Waals surface area contributed by atoms with Crippen LogP contribution in [0.1, 0.15) is 5.69 Å². The maximum Gasteiger partial charge on any atom is 0.293 e. The van der Waals surface area contributed by atoms with Crippen molar-refractivity contribution in [3.05, 3.63) is 40.7 Å². The Bertz CT molecular complexity index is 471. The van der Waals surface area contributed by atoms with E-state index < -0.39 is 0 Å². The van der Waals surface area contributed by atoms with E-state index in [2.05, 4.69) is 15.1 Å². The number of aromatic nitrogens is 4. The van der Waals surface area contributed by atoms with Gasteiger partial charge in [-0.25, -0.2) is 9.67 Å². The van der Waals surface area contributed by atoms with Crippen molar-refractivity contribution < 1.29 is 0 Å². The van der Waals surface area contributed by atoms with Crippen LogP contribution in [0.2, 0.25) is 0 Å². The lowest BCUT2D eigenvalue weighted by molar-refractivity contribution is 0.812. The van der Waals surface area contributed by atoms with Gasteiger partial charge in [0.05, 0.1) is 5.69 Å². The van der Waals surface area contributed by atoms with E-state index in [4.69, 9.17) is 0 Å². The van der Waals surface area contributed by atoms with E-state index in [1.165, 1.54) is 17.1 Å². The third-order valence-electron chi connectivity index (χ3n) is 1.63. The molecule has 0 fully saturated rings. The summed E-state index contributed by atoms with van der Waals surface area (Å²) in [5.74, 6) is 0.288. The monoisotopic (exact) mass is 176 g/mol. The molecule has 0 spiro atoms. The van der Waals surface area contributed by atoms with E-state index in [1.54, 1.807) is 6.20 Å². The third kappa shape index (κ3) is 1.35. The predicted octanol–water partition coefficient (Wildman–Crippen LogP) is 0.264. The Morgan fingerprint density at radius 3 is 3.00 bits per heavy atom. The summed E-state index contributed by atoms with van der Waals surface area (Å²) in [5.41, 5.74) is 0.607. The first kappa shape index (κ1) is 7.72. The number of hydrogen-bond acceptors (Lipinski definition) is 3. The lowest BCUT2D eigenvalue weighted by atomic mass is 10.5. The molecule has 0 saturated heterocycles. The van der Waals surface area contributed by atoms with E-state index in [9.17, 15) is 4.79 Å². The van der Waals surface area contributed by atoms with Crippen molar-refractivity contribution >= 4 is 0 Å². The summed E-state index contributed by atoms with van der Waals surface area (Å²) in [7, 11) is 0. The van der Waals surface area contributed by atoms with Gasteiger partial charge in [-0.05, 0) is 13.0 Å². The van der Waals surface area contributed by atoms with Gasteiger partial charge in [-0.1, -0.05) is 0 Å². The van der Waals surface area contributed by atoms with Crippen molar-refractivity contribution in [1.29, 1.82) is 0 Å². The molecule has 2 rings (SSSR count). The summed E-state index contributed by atoms with van der Waals surface area (Å²) in [4.78, 5) is 17.7. The normalized spacial score (nSPS) is 10.2. The van der Waals surface area contributed by atoms with Gasteiger partial charge in [0.25, 0.3) is 5.56 Å². The van der Waals surface area contributed by atoms with Gasteiger partial charge < -0.3 is 4.98 Å². The second-order valence-corrected chi connectivity index (χ2v) is 2.64. The summed E-state index contributed by atoms with van der Waals surface area (Å²) in [6, 6.07) is 1.81. The highest BCUT2D eigenvalue weighted by atomic mass is 16.1. The fourth-order valence-corrected chi connectivity index (χ4v) is 1.04. The topological polar surface area (TPSA) is 63.6 Å². The number of aryl methyl sites for hydroxylation is 1. The maximum atomic E-state index is 11.3. The summed E-state index contributed by atoms with van der Waals surface area (Å²) >= 11 is 0. The average Bonchev–Trinajstić information content (AvgIpc) is 2.53. The Morgan fingerprint density at radius 2 is 2.38 bits per heavy atom. The molecule has 0 aliphatic carbocycles. The molecule has 0 amide bonds. The van der Waals surface area contributed by atoms with Crippen LogP contribution in [0, 0.1) is 6.92 Å². The Hall–Kier alpha value is -1.91. The van der Waals surface area contributed by atoms with Crippen molar-refractivity contribution in [2.45, 2.75) is 6.92 Å². The fourth-order valence-electron chi connectivity index (χ4n) is 1.04. The largest absolute Gasteiger partial charge is 0.324 e. The van der Waals surface area contributed by atoms with Gasteiger partial charge in [0.15, 0.2) is 0 Å². The van der Waals surface area contributed by atoms with Crippen molar-refractivity contribution in [3.8, 4) is 5.82 Å². The van der Waals surface area contributed by atoms with Crippen molar-refractivity contribution in [1.82, 2.24) is 19.7 Å². The van der Waals surface area contributed by atoms with E-state index >= 15 is 0 Å². The minimum atomic E-state index is -0.245. The molecular formula is C8H8N4O. The quantitative estimate of drug-likeness (QED) is 0.678. The molecular weight excluding hydrogens is 168 g/mol. The lowest BCUT2D eigenvalue weighted by Crippen LogP contribution is -2.16. The average molecular weight is 176 g/mol. The molecule has 0 saturated carbocycles. The summed E-state index contributed by atoms with van der Waals surface area (Å²) in [6.45, 7) is 1.85. The van der Waals surface area contributed by atoms with Gasteiger partial charge in [0.1, 0.15) is 0 Å². The highest BCUT2D eigenvalue weighted by Gasteiger charge is 2.02. The number of rotatable bonds is 1. The van der Waals surface area contributed by atoms with Crippen LogP contribution in [-0.2, 0) is 0 Å². The van der Waals surface area contributed by atoms with Crippen LogP contribution >= 0.6 is 0 Å². The van der Waals surface area contributed by atoms with Crippen molar-refractivity contribution in [2.75, 3.05) is 0 Å². The van der Waals surface area contributed by atoms with Crippen LogP contribution < -0.4 is 5.56 Å². The molecule has 0 aliphatic rings. The molecule has 2 heterocycles. The molecule has 0 bridgehead atoms. The first-order chi connectivity index (χ1) is 6.27. The van der Waals surface area contributed by atoms with Crippen molar-refractivity contribution in [3.63, 3.8) is 0 Å². The van der Waals surface area contributed by atoms with Gasteiger partial charge in [0, 0.05) is 18.6 Å². The molecule has 0 unspecified atom stereocenters. The minimum Gasteiger partial charge on any atom is -0.324 e. The van der Waals surface area contributed by atoms with Crippen LogP contribution in [0.25, 0.3) is 5.82 Å². The third-order valence-corrected chi connectivity index (χ3v) is 1.63. The zero-order chi connectivity index (χ0) is 9.26. The number of aromatic amines is 1. The van der Waals surface area contributed by atoms with E-state index in [0.29, 0.717) is 0 Å². The van der Waals surface area contributed by atoms with Gasteiger partial charge in [0.2, 0.25) is 5.82 Å². The SMILES string of the molecule is Cc1ccn(-c2ncc[nH]c2=O)n1. The summed E-state index contributed by atoms with van der Waals surface area (Å²) < 4.78 is 1.45. The number of hydrogen-bond donors (Lipinski definition) is 1. The Labute approximate surface area is 74.1 Å². The molecule has 5 heteroatoms. The first-order valence-electron chi connectivity index (χ1n) is 3.84. The molecule has 2 aromatic heterocycles. The fraction of sp³-hybridized carbons (Fsp3) is 0.125. The predicted molar refractivity (Wildman–Crippen MR) is 46.7 cm³/mol. The van der Waals surface area contributed by atoms with Crippen LogP contribution in [0.15, 0.2) is 29.5 Å². The van der Waals surface area contributed by atoms with E-state index in [1.807, 2.05) is 13.0 Å². The Balaban J connectivity index is 2.59. The second-order valence-electron chi connectivity index (χ2n) is 2.64. The van der Waals surface area contributed by atoms with Crippen LogP contribution in [0.4, 0.5) is 0 Å². The molecule has 2 aromatic rings. The molecule has 13 heavy (non-hydrogen) atoms. The maximum absolute atomic E-state index is 11.3. The van der Waals surface area contributed by atoms with Gasteiger partial charge in [-0.2, -0.15) is 5.10 Å². The highest BCUT2D eigenvalue weighted by molar-refractivity contribution is 5.16. The summed E-state index contributed by atoms with van der Waals surface area (Å²) in [6.07, 6.45) is 4.71. The van der Waals surface area contributed by atoms with Gasteiger partial charge in [-0.3, -0.25) is 4.79 Å². The van der Waals surface area contributed by atoms with Gasteiger partial charge in [-0.15, -0.1) is 0 Å². The Kier molecular flexibility index (Phi) is 1.70. The van der Waals surface area contributed by atoms with Crippen molar-refractivity contribution in [2.24, 2.45) is 0 Å². The number of nitrogens with zero attached hydrogens (tertiary/aromatic N) is 3. The molecule has 1 N–H and O–H groups in total. The molecule has 0 aromatic carbocycles. The first-order valence-corrected chi connectivity index (χ1v) is 3.84. The molecule has 66 valence electrons. The zero-order valence-electron chi connectivity index (χ0n) is 7.06. The molecule has 0 radical (unpaired) electrons. The molecule has 5 nitrogen and oxygen atoms in total. The highest BCUT2D eigenvalue weighted by Crippen LogP contribution is 1.96.